The molecule has 7 heteroatoms. The molecule has 138 valence electrons. The second-order valence-electron chi connectivity index (χ2n) is 6.36. The average molecular weight is 373 g/mol. The third kappa shape index (κ3) is 3.67. The number of nitrogens with zero attached hydrogens (tertiary/aromatic N) is 2. The fraction of sp³-hybridized carbons (Fsp3) is 0.316. The lowest BCUT2D eigenvalue weighted by atomic mass is 10.2. The van der Waals surface area contributed by atoms with Gasteiger partial charge in [-0.3, -0.25) is 9.10 Å². The van der Waals surface area contributed by atoms with Crippen molar-refractivity contribution in [3.8, 4) is 0 Å². The van der Waals surface area contributed by atoms with Crippen molar-refractivity contribution >= 4 is 27.5 Å². The predicted molar refractivity (Wildman–Crippen MR) is 104 cm³/mol. The molecule has 1 amide bonds. The summed E-state index contributed by atoms with van der Waals surface area (Å²) in [5.41, 5.74) is 2.90. The highest BCUT2D eigenvalue weighted by Crippen LogP contribution is 2.29. The van der Waals surface area contributed by atoms with Crippen molar-refractivity contribution in [2.45, 2.75) is 19.8 Å². The van der Waals surface area contributed by atoms with Crippen LogP contribution in [0.5, 0.6) is 0 Å². The van der Waals surface area contributed by atoms with Gasteiger partial charge in [0.15, 0.2) is 0 Å². The van der Waals surface area contributed by atoms with E-state index in [2.05, 4.69) is 16.5 Å². The number of para-hydroxylation sites is 1. The van der Waals surface area contributed by atoms with Crippen LogP contribution in [0.15, 0.2) is 48.5 Å². The molecule has 0 unspecified atom stereocenters. The van der Waals surface area contributed by atoms with Crippen LogP contribution >= 0.6 is 0 Å². The summed E-state index contributed by atoms with van der Waals surface area (Å²) in [5, 5.41) is 0. The van der Waals surface area contributed by atoms with Gasteiger partial charge in [-0.1, -0.05) is 25.1 Å². The fourth-order valence-electron chi connectivity index (χ4n) is 3.12. The Morgan fingerprint density at radius 3 is 2.54 bits per heavy atom. The molecule has 0 aromatic heterocycles. The quantitative estimate of drug-likeness (QED) is 0.845. The molecule has 0 bridgehead atoms. The van der Waals surface area contributed by atoms with Crippen LogP contribution in [0.3, 0.4) is 0 Å². The number of rotatable bonds is 6. The van der Waals surface area contributed by atoms with Crippen LogP contribution in [0.25, 0.3) is 0 Å². The van der Waals surface area contributed by atoms with E-state index >= 15 is 0 Å². The number of nitrogens with one attached hydrogen (secondary N) is 1. The highest BCUT2D eigenvalue weighted by atomic mass is 32.2. The van der Waals surface area contributed by atoms with Gasteiger partial charge in [0.2, 0.25) is 0 Å². The van der Waals surface area contributed by atoms with E-state index < -0.39 is 16.1 Å². The zero-order chi connectivity index (χ0) is 18.7. The summed E-state index contributed by atoms with van der Waals surface area (Å²) < 4.78 is 28.7. The summed E-state index contributed by atoms with van der Waals surface area (Å²) in [4.78, 5) is 14.5. The molecule has 0 saturated heterocycles. The maximum atomic E-state index is 12.6. The highest BCUT2D eigenvalue weighted by Gasteiger charge is 2.30. The molecule has 0 radical (unpaired) electrons. The highest BCUT2D eigenvalue weighted by molar-refractivity contribution is 7.91. The normalized spacial score (nSPS) is 13.4. The topological polar surface area (TPSA) is 69.7 Å². The molecule has 1 N–H and O–H groups in total. The SMILES string of the molecule is CCCN(C)c1ccc(C(=O)NS(=O)(=O)N2CCc3ccccc32)cc1. The van der Waals surface area contributed by atoms with Gasteiger partial charge in [0.25, 0.3) is 5.91 Å². The van der Waals surface area contributed by atoms with Gasteiger partial charge in [-0.15, -0.1) is 0 Å². The van der Waals surface area contributed by atoms with Gasteiger partial charge in [0.05, 0.1) is 5.69 Å². The van der Waals surface area contributed by atoms with Crippen molar-refractivity contribution < 1.29 is 13.2 Å². The molecule has 2 aromatic carbocycles. The minimum atomic E-state index is -3.93. The summed E-state index contributed by atoms with van der Waals surface area (Å²) in [7, 11) is -1.95. The Kier molecular flexibility index (Phi) is 5.18. The van der Waals surface area contributed by atoms with Crippen molar-refractivity contribution in [1.29, 1.82) is 0 Å². The van der Waals surface area contributed by atoms with Crippen LogP contribution < -0.4 is 13.9 Å². The average Bonchev–Trinajstić information content (AvgIpc) is 3.07. The third-order valence-corrected chi connectivity index (χ3v) is 5.89. The first-order valence-electron chi connectivity index (χ1n) is 8.66. The molecule has 1 heterocycles. The predicted octanol–water partition coefficient (Wildman–Crippen LogP) is 2.57. The van der Waals surface area contributed by atoms with E-state index in [4.69, 9.17) is 0 Å². The van der Waals surface area contributed by atoms with E-state index in [-0.39, 0.29) is 0 Å². The summed E-state index contributed by atoms with van der Waals surface area (Å²) in [6, 6.07) is 14.3. The standard InChI is InChI=1S/C19H23N3O3S/c1-3-13-21(2)17-10-8-16(9-11-17)19(23)20-26(24,25)22-14-12-15-6-4-5-7-18(15)22/h4-11H,3,12-14H2,1-2H3,(H,20,23). The molecule has 1 aliphatic rings. The second kappa shape index (κ2) is 7.37. The molecule has 6 nitrogen and oxygen atoms in total. The zero-order valence-electron chi connectivity index (χ0n) is 15.0. The van der Waals surface area contributed by atoms with E-state index in [0.717, 1.165) is 24.2 Å². The maximum absolute atomic E-state index is 12.6. The molecule has 0 atom stereocenters. The molecule has 0 spiro atoms. The third-order valence-electron chi connectivity index (χ3n) is 4.49. The first-order chi connectivity index (χ1) is 12.4. The van der Waals surface area contributed by atoms with E-state index in [1.54, 1.807) is 24.3 Å². The van der Waals surface area contributed by atoms with Crippen LogP contribution in [-0.2, 0) is 16.6 Å². The van der Waals surface area contributed by atoms with Crippen molar-refractivity contribution in [2.24, 2.45) is 0 Å². The van der Waals surface area contributed by atoms with Crippen LogP contribution in [0.4, 0.5) is 11.4 Å². The molecular weight excluding hydrogens is 350 g/mol. The molecule has 1 aliphatic heterocycles. The van der Waals surface area contributed by atoms with Crippen molar-refractivity contribution in [3.05, 3.63) is 59.7 Å². The second-order valence-corrected chi connectivity index (χ2v) is 7.95. The van der Waals surface area contributed by atoms with Crippen molar-refractivity contribution in [2.75, 3.05) is 29.3 Å². The molecular formula is C19H23N3O3S. The molecule has 26 heavy (non-hydrogen) atoms. The number of hydrogen-bond acceptors (Lipinski definition) is 4. The lowest BCUT2D eigenvalue weighted by Crippen LogP contribution is -2.42. The van der Waals surface area contributed by atoms with Crippen molar-refractivity contribution in [1.82, 2.24) is 4.72 Å². The number of benzene rings is 2. The number of hydrogen-bond donors (Lipinski definition) is 1. The largest absolute Gasteiger partial charge is 0.375 e. The number of fused-ring (bicyclic) bond motifs is 1. The molecule has 0 aliphatic carbocycles. The smallest absolute Gasteiger partial charge is 0.326 e. The van der Waals surface area contributed by atoms with Gasteiger partial charge in [-0.25, -0.2) is 4.72 Å². The summed E-state index contributed by atoms with van der Waals surface area (Å²) in [6.45, 7) is 3.34. The van der Waals surface area contributed by atoms with Gasteiger partial charge in [0, 0.05) is 31.4 Å². The van der Waals surface area contributed by atoms with Crippen LogP contribution in [0.1, 0.15) is 29.3 Å². The number of amides is 1. The Morgan fingerprint density at radius 1 is 1.15 bits per heavy atom. The van der Waals surface area contributed by atoms with Gasteiger partial charge in [-0.2, -0.15) is 8.42 Å². The lowest BCUT2D eigenvalue weighted by molar-refractivity contribution is 0.0981. The van der Waals surface area contributed by atoms with Crippen LogP contribution in [-0.4, -0.2) is 34.5 Å². The summed E-state index contributed by atoms with van der Waals surface area (Å²) in [5.74, 6) is -0.626. The minimum absolute atomic E-state index is 0.315. The Labute approximate surface area is 154 Å². The van der Waals surface area contributed by atoms with Crippen LogP contribution in [0, 0.1) is 0 Å². The Hall–Kier alpha value is -2.54. The Balaban J connectivity index is 1.73. The fourth-order valence-corrected chi connectivity index (χ4v) is 4.35. The van der Waals surface area contributed by atoms with Gasteiger partial charge in [0.1, 0.15) is 0 Å². The zero-order valence-corrected chi connectivity index (χ0v) is 15.8. The molecule has 0 saturated carbocycles. The summed E-state index contributed by atoms with van der Waals surface area (Å²) >= 11 is 0. The first-order valence-corrected chi connectivity index (χ1v) is 10.1. The number of anilines is 2. The van der Waals surface area contributed by atoms with Gasteiger partial charge in [-0.05, 0) is 48.7 Å². The van der Waals surface area contributed by atoms with E-state index in [1.165, 1.54) is 4.31 Å². The molecule has 3 rings (SSSR count). The van der Waals surface area contributed by atoms with Crippen LogP contribution in [0.2, 0.25) is 0 Å². The van der Waals surface area contributed by atoms with Gasteiger partial charge >= 0.3 is 10.2 Å². The Morgan fingerprint density at radius 2 is 1.85 bits per heavy atom. The van der Waals surface area contributed by atoms with E-state index in [9.17, 15) is 13.2 Å². The lowest BCUT2D eigenvalue weighted by Gasteiger charge is -2.20. The molecule has 0 fully saturated rings. The van der Waals surface area contributed by atoms with E-state index in [1.807, 2.05) is 31.3 Å². The van der Waals surface area contributed by atoms with Gasteiger partial charge < -0.3 is 4.90 Å². The minimum Gasteiger partial charge on any atom is -0.375 e. The Bertz CT molecular complexity index is 895. The first kappa shape index (κ1) is 18.3. The van der Waals surface area contributed by atoms with E-state index in [0.29, 0.717) is 24.2 Å². The number of carbonyl (C=O) groups excluding carboxylic acids is 1. The number of carbonyl (C=O) groups is 1. The van der Waals surface area contributed by atoms with Crippen molar-refractivity contribution in [3.63, 3.8) is 0 Å². The summed E-state index contributed by atoms with van der Waals surface area (Å²) in [6.07, 6.45) is 1.66. The maximum Gasteiger partial charge on any atom is 0.326 e. The molecule has 2 aromatic rings. The monoisotopic (exact) mass is 373 g/mol.